The van der Waals surface area contributed by atoms with E-state index in [9.17, 15) is 4.39 Å². The fraction of sp³-hybridized carbons (Fsp3) is 0.167. The first-order valence-electron chi connectivity index (χ1n) is 5.18. The predicted molar refractivity (Wildman–Crippen MR) is 65.0 cm³/mol. The van der Waals surface area contributed by atoms with Gasteiger partial charge in [-0.3, -0.25) is 0 Å². The van der Waals surface area contributed by atoms with Crippen LogP contribution in [0.25, 0.3) is 0 Å². The van der Waals surface area contributed by atoms with E-state index >= 15 is 0 Å². The molecule has 0 saturated carbocycles. The number of hydrogen-bond acceptors (Lipinski definition) is 4. The zero-order chi connectivity index (χ0) is 12.3. The van der Waals surface area contributed by atoms with E-state index in [1.165, 1.54) is 18.5 Å². The van der Waals surface area contributed by atoms with E-state index in [1.807, 2.05) is 11.9 Å². The Morgan fingerprint density at radius 3 is 2.65 bits per heavy atom. The summed E-state index contributed by atoms with van der Waals surface area (Å²) in [4.78, 5) is 9.83. The van der Waals surface area contributed by atoms with Crippen molar-refractivity contribution in [1.29, 1.82) is 0 Å². The molecule has 0 saturated heterocycles. The molecule has 2 N–H and O–H groups in total. The van der Waals surface area contributed by atoms with Crippen LogP contribution >= 0.6 is 0 Å². The van der Waals surface area contributed by atoms with Crippen LogP contribution in [0.1, 0.15) is 5.56 Å². The van der Waals surface area contributed by atoms with Gasteiger partial charge in [0, 0.05) is 13.6 Å². The summed E-state index contributed by atoms with van der Waals surface area (Å²) in [7, 11) is 1.88. The maximum atomic E-state index is 12.8. The maximum Gasteiger partial charge on any atom is 0.155 e. The zero-order valence-corrected chi connectivity index (χ0v) is 9.47. The topological polar surface area (TPSA) is 55.0 Å². The lowest BCUT2D eigenvalue weighted by Crippen LogP contribution is -2.19. The van der Waals surface area contributed by atoms with Crippen LogP contribution in [-0.2, 0) is 6.54 Å². The normalized spacial score (nSPS) is 10.2. The van der Waals surface area contributed by atoms with Crippen molar-refractivity contribution in [1.82, 2.24) is 9.97 Å². The predicted octanol–water partition coefficient (Wildman–Crippen LogP) is 1.83. The first kappa shape index (κ1) is 11.3. The average molecular weight is 232 g/mol. The molecule has 88 valence electrons. The van der Waals surface area contributed by atoms with Gasteiger partial charge < -0.3 is 10.6 Å². The van der Waals surface area contributed by atoms with Gasteiger partial charge in [0.05, 0.1) is 11.9 Å². The second-order valence-electron chi connectivity index (χ2n) is 3.78. The van der Waals surface area contributed by atoms with Crippen molar-refractivity contribution in [2.24, 2.45) is 0 Å². The molecule has 0 unspecified atom stereocenters. The number of hydrogen-bond donors (Lipinski definition) is 1. The molecule has 0 aliphatic carbocycles. The first-order valence-corrected chi connectivity index (χ1v) is 5.18. The van der Waals surface area contributed by atoms with Crippen molar-refractivity contribution >= 4 is 11.5 Å². The van der Waals surface area contributed by atoms with E-state index in [-0.39, 0.29) is 5.82 Å². The SMILES string of the molecule is CN(Cc1ccc(F)cc1)c1ncncc1N. The van der Waals surface area contributed by atoms with Gasteiger partial charge in [-0.05, 0) is 17.7 Å². The minimum Gasteiger partial charge on any atom is -0.394 e. The lowest BCUT2D eigenvalue weighted by molar-refractivity contribution is 0.627. The number of anilines is 2. The van der Waals surface area contributed by atoms with E-state index in [2.05, 4.69) is 9.97 Å². The van der Waals surface area contributed by atoms with Crippen LogP contribution < -0.4 is 10.6 Å². The Kier molecular flexibility index (Phi) is 3.18. The third-order valence-electron chi connectivity index (χ3n) is 2.41. The third-order valence-corrected chi connectivity index (χ3v) is 2.41. The van der Waals surface area contributed by atoms with Crippen molar-refractivity contribution in [3.05, 3.63) is 48.2 Å². The van der Waals surface area contributed by atoms with E-state index in [0.29, 0.717) is 18.1 Å². The number of nitrogens with zero attached hydrogens (tertiary/aromatic N) is 3. The maximum absolute atomic E-state index is 12.8. The van der Waals surface area contributed by atoms with Crippen LogP contribution in [0.5, 0.6) is 0 Å². The molecule has 2 aromatic rings. The van der Waals surface area contributed by atoms with Gasteiger partial charge in [0.15, 0.2) is 5.82 Å². The molecule has 0 radical (unpaired) electrons. The minimum atomic E-state index is -0.238. The zero-order valence-electron chi connectivity index (χ0n) is 9.47. The van der Waals surface area contributed by atoms with Crippen LogP contribution in [0.15, 0.2) is 36.8 Å². The van der Waals surface area contributed by atoms with Crippen LogP contribution in [0.3, 0.4) is 0 Å². The molecule has 1 aromatic heterocycles. The number of nitrogen functional groups attached to an aromatic ring is 1. The molecule has 1 aromatic carbocycles. The molecule has 0 fully saturated rings. The molecule has 0 spiro atoms. The standard InChI is InChI=1S/C12H13FN4/c1-17(12-11(14)6-15-8-16-12)7-9-2-4-10(13)5-3-9/h2-6,8H,7,14H2,1H3. The minimum absolute atomic E-state index is 0.238. The van der Waals surface area contributed by atoms with Crippen molar-refractivity contribution in [3.63, 3.8) is 0 Å². The van der Waals surface area contributed by atoms with Crippen LogP contribution in [0.4, 0.5) is 15.9 Å². The van der Waals surface area contributed by atoms with Gasteiger partial charge in [-0.1, -0.05) is 12.1 Å². The van der Waals surface area contributed by atoms with Crippen molar-refractivity contribution in [2.45, 2.75) is 6.54 Å². The van der Waals surface area contributed by atoms with Crippen LogP contribution in [-0.4, -0.2) is 17.0 Å². The second kappa shape index (κ2) is 4.78. The summed E-state index contributed by atoms with van der Waals surface area (Å²) in [6, 6.07) is 6.35. The molecule has 2 rings (SSSR count). The number of benzene rings is 1. The molecule has 0 aliphatic heterocycles. The molecule has 5 heteroatoms. The van der Waals surface area contributed by atoms with Crippen LogP contribution in [0, 0.1) is 5.82 Å². The summed E-state index contributed by atoms with van der Waals surface area (Å²) in [6.07, 6.45) is 3.01. The van der Waals surface area contributed by atoms with Gasteiger partial charge in [-0.25, -0.2) is 14.4 Å². The highest BCUT2D eigenvalue weighted by atomic mass is 19.1. The molecular formula is C12H13FN4. The quantitative estimate of drug-likeness (QED) is 0.877. The third kappa shape index (κ3) is 2.69. The molecule has 0 bridgehead atoms. The van der Waals surface area contributed by atoms with Crippen molar-refractivity contribution in [2.75, 3.05) is 17.7 Å². The van der Waals surface area contributed by atoms with Gasteiger partial charge >= 0.3 is 0 Å². The van der Waals surface area contributed by atoms with Gasteiger partial charge in [0.25, 0.3) is 0 Å². The van der Waals surface area contributed by atoms with Gasteiger partial charge in [0.2, 0.25) is 0 Å². The Balaban J connectivity index is 2.14. The van der Waals surface area contributed by atoms with Crippen LogP contribution in [0.2, 0.25) is 0 Å². The lowest BCUT2D eigenvalue weighted by Gasteiger charge is -2.19. The van der Waals surface area contributed by atoms with Gasteiger partial charge in [0.1, 0.15) is 12.1 Å². The van der Waals surface area contributed by atoms with Crippen molar-refractivity contribution in [3.8, 4) is 0 Å². The van der Waals surface area contributed by atoms with E-state index in [4.69, 9.17) is 5.73 Å². The van der Waals surface area contributed by atoms with Gasteiger partial charge in [-0.2, -0.15) is 0 Å². The highest BCUT2D eigenvalue weighted by Crippen LogP contribution is 2.18. The summed E-state index contributed by atoms with van der Waals surface area (Å²) in [5.41, 5.74) is 7.29. The highest BCUT2D eigenvalue weighted by Gasteiger charge is 2.07. The Morgan fingerprint density at radius 1 is 1.29 bits per heavy atom. The molecular weight excluding hydrogens is 219 g/mol. The summed E-state index contributed by atoms with van der Waals surface area (Å²) >= 11 is 0. The first-order chi connectivity index (χ1) is 8.16. The Bertz CT molecular complexity index is 498. The second-order valence-corrected chi connectivity index (χ2v) is 3.78. The molecule has 0 aliphatic rings. The molecule has 17 heavy (non-hydrogen) atoms. The number of halogens is 1. The average Bonchev–Trinajstić information content (AvgIpc) is 2.32. The highest BCUT2D eigenvalue weighted by molar-refractivity contribution is 5.60. The fourth-order valence-electron chi connectivity index (χ4n) is 1.59. The summed E-state index contributed by atoms with van der Waals surface area (Å²) < 4.78 is 12.8. The Labute approximate surface area is 98.9 Å². The smallest absolute Gasteiger partial charge is 0.155 e. The van der Waals surface area contributed by atoms with Gasteiger partial charge in [-0.15, -0.1) is 0 Å². The molecule has 4 nitrogen and oxygen atoms in total. The molecule has 1 heterocycles. The fourth-order valence-corrected chi connectivity index (χ4v) is 1.59. The largest absolute Gasteiger partial charge is 0.394 e. The lowest BCUT2D eigenvalue weighted by atomic mass is 10.2. The summed E-state index contributed by atoms with van der Waals surface area (Å²) in [6.45, 7) is 0.613. The number of aromatic nitrogens is 2. The Morgan fingerprint density at radius 2 is 2.00 bits per heavy atom. The van der Waals surface area contributed by atoms with Crippen molar-refractivity contribution < 1.29 is 4.39 Å². The monoisotopic (exact) mass is 232 g/mol. The summed E-state index contributed by atoms with van der Waals surface area (Å²) in [5.74, 6) is 0.433. The molecule has 0 amide bonds. The Hall–Kier alpha value is -2.17. The van der Waals surface area contributed by atoms with E-state index in [1.54, 1.807) is 18.3 Å². The number of nitrogens with two attached hydrogens (primary N) is 1. The van der Waals surface area contributed by atoms with E-state index in [0.717, 1.165) is 5.56 Å². The van der Waals surface area contributed by atoms with E-state index < -0.39 is 0 Å². The number of rotatable bonds is 3. The molecule has 0 atom stereocenters. The summed E-state index contributed by atoms with van der Waals surface area (Å²) in [5, 5.41) is 0.